The van der Waals surface area contributed by atoms with Crippen LogP contribution in [0.4, 0.5) is 0 Å². The van der Waals surface area contributed by atoms with Crippen LogP contribution in [0.25, 0.3) is 0 Å². The van der Waals surface area contributed by atoms with Gasteiger partial charge in [0.15, 0.2) is 0 Å². The first-order chi connectivity index (χ1) is 5.55. The first-order valence-electron chi connectivity index (χ1n) is 4.98. The van der Waals surface area contributed by atoms with Crippen molar-refractivity contribution in [3.05, 3.63) is 0 Å². The molecule has 0 saturated heterocycles. The van der Waals surface area contributed by atoms with Crippen molar-refractivity contribution in [1.82, 2.24) is 4.90 Å². The molecule has 2 nitrogen and oxygen atoms in total. The van der Waals surface area contributed by atoms with Gasteiger partial charge in [-0.15, -0.1) is 0 Å². The van der Waals surface area contributed by atoms with Crippen LogP contribution in [0.15, 0.2) is 0 Å². The molecule has 0 amide bonds. The molecule has 0 bridgehead atoms. The summed E-state index contributed by atoms with van der Waals surface area (Å²) in [7, 11) is 0. The number of hydrogen-bond donors (Lipinski definition) is 1. The molecule has 0 unspecified atom stereocenters. The number of hydrogen-bond acceptors (Lipinski definition) is 2. The highest BCUT2D eigenvalue weighted by Crippen LogP contribution is 2.14. The van der Waals surface area contributed by atoms with E-state index in [1.54, 1.807) is 0 Å². The van der Waals surface area contributed by atoms with Crippen LogP contribution < -0.4 is 5.73 Å². The fraction of sp³-hybridized carbons (Fsp3) is 1.00. The van der Waals surface area contributed by atoms with Crippen molar-refractivity contribution in [2.24, 2.45) is 11.1 Å². The minimum absolute atomic E-state index is 0.269. The van der Waals surface area contributed by atoms with E-state index >= 15 is 0 Å². The highest BCUT2D eigenvalue weighted by molar-refractivity contribution is 4.73. The van der Waals surface area contributed by atoms with Gasteiger partial charge in [-0.1, -0.05) is 27.7 Å². The van der Waals surface area contributed by atoms with E-state index in [9.17, 15) is 0 Å². The summed E-state index contributed by atoms with van der Waals surface area (Å²) in [6, 6.07) is 0. The summed E-state index contributed by atoms with van der Waals surface area (Å²) in [5.41, 5.74) is 5.95. The molecule has 12 heavy (non-hydrogen) atoms. The van der Waals surface area contributed by atoms with Gasteiger partial charge in [-0.2, -0.15) is 0 Å². The largest absolute Gasteiger partial charge is 0.330 e. The van der Waals surface area contributed by atoms with Gasteiger partial charge in [-0.05, 0) is 31.5 Å². The Hall–Kier alpha value is -0.0800. The van der Waals surface area contributed by atoms with Crippen LogP contribution in [0, 0.1) is 5.41 Å². The zero-order valence-electron chi connectivity index (χ0n) is 9.06. The van der Waals surface area contributed by atoms with E-state index in [2.05, 4.69) is 32.6 Å². The minimum Gasteiger partial charge on any atom is -0.330 e. The maximum Gasteiger partial charge on any atom is 0.00446 e. The molecule has 0 aromatic rings. The van der Waals surface area contributed by atoms with Gasteiger partial charge in [0.1, 0.15) is 0 Å². The van der Waals surface area contributed by atoms with Gasteiger partial charge in [-0.3, -0.25) is 0 Å². The molecule has 0 radical (unpaired) electrons. The van der Waals surface area contributed by atoms with E-state index in [1.807, 2.05) is 0 Å². The third-order valence-corrected chi connectivity index (χ3v) is 2.19. The quantitative estimate of drug-likeness (QED) is 0.661. The molecule has 74 valence electrons. The Morgan fingerprint density at radius 2 is 1.83 bits per heavy atom. The summed E-state index contributed by atoms with van der Waals surface area (Å²) < 4.78 is 0. The van der Waals surface area contributed by atoms with Gasteiger partial charge < -0.3 is 10.6 Å². The van der Waals surface area contributed by atoms with Crippen LogP contribution >= 0.6 is 0 Å². The number of rotatable bonds is 6. The summed E-state index contributed by atoms with van der Waals surface area (Å²) in [6.45, 7) is 13.1. The van der Waals surface area contributed by atoms with Crippen LogP contribution in [-0.4, -0.2) is 31.1 Å². The Kier molecular flexibility index (Phi) is 5.51. The van der Waals surface area contributed by atoms with E-state index < -0.39 is 0 Å². The van der Waals surface area contributed by atoms with E-state index in [0.717, 1.165) is 19.6 Å². The van der Waals surface area contributed by atoms with Crippen LogP contribution in [0.2, 0.25) is 0 Å². The predicted octanol–water partition coefficient (Wildman–Crippen LogP) is 1.70. The van der Waals surface area contributed by atoms with Crippen molar-refractivity contribution in [3.63, 3.8) is 0 Å². The zero-order chi connectivity index (χ0) is 9.61. The van der Waals surface area contributed by atoms with Crippen LogP contribution in [0.5, 0.6) is 0 Å². The number of nitrogens with two attached hydrogens (primary N) is 1. The van der Waals surface area contributed by atoms with Gasteiger partial charge in [0.25, 0.3) is 0 Å². The molecule has 0 aliphatic heterocycles. The van der Waals surface area contributed by atoms with E-state index in [1.165, 1.54) is 13.0 Å². The van der Waals surface area contributed by atoms with Crippen molar-refractivity contribution in [1.29, 1.82) is 0 Å². The maximum absolute atomic E-state index is 5.68. The van der Waals surface area contributed by atoms with Gasteiger partial charge in [-0.25, -0.2) is 0 Å². The third-order valence-electron chi connectivity index (χ3n) is 2.19. The average Bonchev–Trinajstić information content (AvgIpc) is 2.03. The van der Waals surface area contributed by atoms with Crippen molar-refractivity contribution in [3.8, 4) is 0 Å². The molecule has 0 aliphatic carbocycles. The Morgan fingerprint density at radius 3 is 2.17 bits per heavy atom. The van der Waals surface area contributed by atoms with Gasteiger partial charge >= 0.3 is 0 Å². The molecule has 0 atom stereocenters. The maximum atomic E-state index is 5.68. The molecule has 0 fully saturated rings. The standard InChI is InChI=1S/C10H24N2/c1-5-7-12(6-2)9-10(3,4)8-11/h5-9,11H2,1-4H3. The molecule has 2 N–H and O–H groups in total. The Bertz CT molecular complexity index is 110. The lowest BCUT2D eigenvalue weighted by Gasteiger charge is -2.30. The molecular formula is C10H24N2. The lowest BCUT2D eigenvalue weighted by Crippen LogP contribution is -2.39. The fourth-order valence-corrected chi connectivity index (χ4v) is 1.34. The summed E-state index contributed by atoms with van der Waals surface area (Å²) in [4.78, 5) is 2.47. The smallest absolute Gasteiger partial charge is 0.00446 e. The fourth-order valence-electron chi connectivity index (χ4n) is 1.34. The summed E-state index contributed by atoms with van der Waals surface area (Å²) in [6.07, 6.45) is 1.23. The van der Waals surface area contributed by atoms with Crippen molar-refractivity contribution in [2.45, 2.75) is 34.1 Å². The number of nitrogens with zero attached hydrogens (tertiary/aromatic N) is 1. The van der Waals surface area contributed by atoms with Crippen LogP contribution in [-0.2, 0) is 0 Å². The van der Waals surface area contributed by atoms with Crippen LogP contribution in [0.3, 0.4) is 0 Å². The average molecular weight is 172 g/mol. The van der Waals surface area contributed by atoms with Crippen LogP contribution in [0.1, 0.15) is 34.1 Å². The normalized spacial score (nSPS) is 12.5. The Morgan fingerprint density at radius 1 is 1.25 bits per heavy atom. The first-order valence-corrected chi connectivity index (χ1v) is 4.98. The highest BCUT2D eigenvalue weighted by Gasteiger charge is 2.18. The topological polar surface area (TPSA) is 29.3 Å². The monoisotopic (exact) mass is 172 g/mol. The molecule has 0 aromatic carbocycles. The van der Waals surface area contributed by atoms with E-state index in [4.69, 9.17) is 5.73 Å². The summed E-state index contributed by atoms with van der Waals surface area (Å²) in [5, 5.41) is 0. The lowest BCUT2D eigenvalue weighted by molar-refractivity contribution is 0.190. The summed E-state index contributed by atoms with van der Waals surface area (Å²) in [5.74, 6) is 0. The zero-order valence-corrected chi connectivity index (χ0v) is 9.06. The summed E-state index contributed by atoms with van der Waals surface area (Å²) >= 11 is 0. The molecule has 0 saturated carbocycles. The SMILES string of the molecule is CCCN(CC)CC(C)(C)CN. The molecule has 2 heteroatoms. The molecule has 0 rings (SSSR count). The minimum atomic E-state index is 0.269. The van der Waals surface area contributed by atoms with E-state index in [-0.39, 0.29) is 5.41 Å². The van der Waals surface area contributed by atoms with Crippen molar-refractivity contribution >= 4 is 0 Å². The molecule has 0 heterocycles. The Labute approximate surface area is 77.1 Å². The van der Waals surface area contributed by atoms with Crippen molar-refractivity contribution in [2.75, 3.05) is 26.2 Å². The molecule has 0 aromatic heterocycles. The molecule has 0 spiro atoms. The van der Waals surface area contributed by atoms with Gasteiger partial charge in [0.05, 0.1) is 0 Å². The lowest BCUT2D eigenvalue weighted by atomic mass is 9.93. The van der Waals surface area contributed by atoms with Gasteiger partial charge in [0, 0.05) is 6.54 Å². The second-order valence-electron chi connectivity index (χ2n) is 4.24. The predicted molar refractivity (Wildman–Crippen MR) is 55.2 cm³/mol. The first kappa shape index (κ1) is 11.9. The second kappa shape index (κ2) is 5.55. The van der Waals surface area contributed by atoms with Gasteiger partial charge in [0.2, 0.25) is 0 Å². The van der Waals surface area contributed by atoms with E-state index in [0.29, 0.717) is 0 Å². The highest BCUT2D eigenvalue weighted by atomic mass is 15.1. The molecular weight excluding hydrogens is 148 g/mol. The second-order valence-corrected chi connectivity index (χ2v) is 4.24. The van der Waals surface area contributed by atoms with Crippen molar-refractivity contribution < 1.29 is 0 Å². The third kappa shape index (κ3) is 4.73. The molecule has 0 aliphatic rings. The Balaban J connectivity index is 3.83.